The van der Waals surface area contributed by atoms with Crippen LogP contribution in [0.15, 0.2) is 48.0 Å². The zero-order valence-electron chi connectivity index (χ0n) is 14.9. The smallest absolute Gasteiger partial charge is 0.335 e. The van der Waals surface area contributed by atoms with Crippen molar-refractivity contribution in [1.29, 1.82) is 0 Å². The van der Waals surface area contributed by atoms with E-state index in [1.165, 1.54) is 36.8 Å². The maximum atomic E-state index is 11.4. The van der Waals surface area contributed by atoms with Crippen LogP contribution in [0.25, 0.3) is 5.57 Å². The first-order valence-corrected chi connectivity index (χ1v) is 9.52. The van der Waals surface area contributed by atoms with E-state index in [1.54, 1.807) is 12.1 Å². The Morgan fingerprint density at radius 1 is 0.962 bits per heavy atom. The molecule has 2 aromatic carbocycles. The average molecular weight is 348 g/mol. The fraction of sp³-hybridized carbons (Fsp3) is 0.348. The third-order valence-corrected chi connectivity index (χ3v) is 5.82. The number of phenolic OH excluding ortho intramolecular Hbond substituents is 1. The van der Waals surface area contributed by atoms with Gasteiger partial charge in [0.15, 0.2) is 0 Å². The standard InChI is InChI=1S/C23H24O3/c24-19-9-3-8-17(14-19)22-20(15-5-1-2-6-15)10-4-7-16-13-18(23(25)26)11-12-21(16)22/h3,8-9,11-15,24H,1-2,4-7,10H2,(H,25,26). The number of fused-ring (bicyclic) bond motifs is 1. The Kier molecular flexibility index (Phi) is 4.54. The molecule has 3 heteroatoms. The molecule has 3 nitrogen and oxygen atoms in total. The van der Waals surface area contributed by atoms with Crippen molar-refractivity contribution < 1.29 is 15.0 Å². The summed E-state index contributed by atoms with van der Waals surface area (Å²) in [6, 6.07) is 13.0. The molecule has 0 saturated heterocycles. The number of aromatic hydroxyl groups is 1. The molecular weight excluding hydrogens is 324 g/mol. The van der Waals surface area contributed by atoms with Crippen molar-refractivity contribution in [3.05, 3.63) is 70.3 Å². The van der Waals surface area contributed by atoms with Gasteiger partial charge in [-0.1, -0.05) is 36.6 Å². The summed E-state index contributed by atoms with van der Waals surface area (Å²) in [6.45, 7) is 0. The number of rotatable bonds is 3. The van der Waals surface area contributed by atoms with Crippen molar-refractivity contribution >= 4 is 11.5 Å². The van der Waals surface area contributed by atoms with E-state index in [-0.39, 0.29) is 5.75 Å². The summed E-state index contributed by atoms with van der Waals surface area (Å²) >= 11 is 0. The van der Waals surface area contributed by atoms with Gasteiger partial charge < -0.3 is 10.2 Å². The Labute approximate surface area is 154 Å². The second kappa shape index (κ2) is 6.99. The number of carbonyl (C=O) groups is 1. The Morgan fingerprint density at radius 3 is 2.50 bits per heavy atom. The summed E-state index contributed by atoms with van der Waals surface area (Å²) in [6.07, 6.45) is 8.03. The topological polar surface area (TPSA) is 57.5 Å². The molecule has 0 aromatic heterocycles. The van der Waals surface area contributed by atoms with Gasteiger partial charge >= 0.3 is 5.97 Å². The number of aromatic carboxylic acids is 1. The second-order valence-corrected chi connectivity index (χ2v) is 7.46. The SMILES string of the molecule is O=C(O)c1ccc2c(c1)CCCC(C1CCCC1)=C2c1cccc(O)c1. The Balaban J connectivity index is 1.93. The molecule has 2 aliphatic rings. The van der Waals surface area contributed by atoms with Gasteiger partial charge in [-0.3, -0.25) is 0 Å². The van der Waals surface area contributed by atoms with Gasteiger partial charge in [0.1, 0.15) is 5.75 Å². The molecule has 0 amide bonds. The molecule has 0 unspecified atom stereocenters. The molecule has 0 atom stereocenters. The van der Waals surface area contributed by atoms with Crippen molar-refractivity contribution in [3.8, 4) is 5.75 Å². The third-order valence-electron chi connectivity index (χ3n) is 5.82. The van der Waals surface area contributed by atoms with E-state index in [4.69, 9.17) is 0 Å². The highest BCUT2D eigenvalue weighted by molar-refractivity contribution is 5.90. The zero-order chi connectivity index (χ0) is 18.1. The van der Waals surface area contributed by atoms with E-state index >= 15 is 0 Å². The van der Waals surface area contributed by atoms with Gasteiger partial charge in [-0.05, 0) is 84.6 Å². The van der Waals surface area contributed by atoms with Crippen molar-refractivity contribution in [2.75, 3.05) is 0 Å². The molecule has 2 aromatic rings. The minimum absolute atomic E-state index is 0.272. The highest BCUT2D eigenvalue weighted by atomic mass is 16.4. The maximum Gasteiger partial charge on any atom is 0.335 e. The van der Waals surface area contributed by atoms with Crippen LogP contribution >= 0.6 is 0 Å². The fourth-order valence-corrected chi connectivity index (χ4v) is 4.63. The molecule has 0 radical (unpaired) electrons. The van der Waals surface area contributed by atoms with Gasteiger partial charge in [-0.25, -0.2) is 4.79 Å². The summed E-state index contributed by atoms with van der Waals surface area (Å²) in [5.74, 6) is 0.00197. The zero-order valence-corrected chi connectivity index (χ0v) is 14.9. The van der Waals surface area contributed by atoms with E-state index in [2.05, 4.69) is 6.07 Å². The number of benzene rings is 2. The number of phenols is 1. The predicted molar refractivity (Wildman–Crippen MR) is 102 cm³/mol. The van der Waals surface area contributed by atoms with E-state index in [0.717, 1.165) is 36.0 Å². The molecule has 134 valence electrons. The van der Waals surface area contributed by atoms with Gasteiger partial charge in [0.05, 0.1) is 5.56 Å². The molecule has 4 rings (SSSR count). The van der Waals surface area contributed by atoms with Crippen molar-refractivity contribution in [2.24, 2.45) is 5.92 Å². The maximum absolute atomic E-state index is 11.4. The molecule has 0 heterocycles. The summed E-state index contributed by atoms with van der Waals surface area (Å²) in [7, 11) is 0. The molecule has 1 saturated carbocycles. The van der Waals surface area contributed by atoms with Crippen LogP contribution in [0.2, 0.25) is 0 Å². The van der Waals surface area contributed by atoms with Crippen LogP contribution in [0.5, 0.6) is 5.75 Å². The normalized spacial score (nSPS) is 17.8. The van der Waals surface area contributed by atoms with Crippen molar-refractivity contribution in [1.82, 2.24) is 0 Å². The molecular formula is C23H24O3. The van der Waals surface area contributed by atoms with E-state index in [1.807, 2.05) is 24.3 Å². The van der Waals surface area contributed by atoms with E-state index in [0.29, 0.717) is 11.5 Å². The van der Waals surface area contributed by atoms with Crippen LogP contribution in [0.4, 0.5) is 0 Å². The minimum atomic E-state index is -0.879. The summed E-state index contributed by atoms with van der Waals surface area (Å²) < 4.78 is 0. The molecule has 0 bridgehead atoms. The quantitative estimate of drug-likeness (QED) is 0.779. The van der Waals surface area contributed by atoms with Crippen LogP contribution in [0.3, 0.4) is 0 Å². The Hall–Kier alpha value is -2.55. The number of hydrogen-bond acceptors (Lipinski definition) is 2. The first kappa shape index (κ1) is 16.9. The highest BCUT2D eigenvalue weighted by Crippen LogP contribution is 2.43. The van der Waals surface area contributed by atoms with Gasteiger partial charge in [-0.2, -0.15) is 0 Å². The first-order chi connectivity index (χ1) is 12.6. The van der Waals surface area contributed by atoms with Gasteiger partial charge in [-0.15, -0.1) is 0 Å². The number of carboxylic acid groups (broad SMARTS) is 1. The lowest BCUT2D eigenvalue weighted by molar-refractivity contribution is 0.0696. The number of allylic oxidation sites excluding steroid dienone is 1. The minimum Gasteiger partial charge on any atom is -0.508 e. The first-order valence-electron chi connectivity index (χ1n) is 9.52. The molecule has 1 fully saturated rings. The largest absolute Gasteiger partial charge is 0.508 e. The molecule has 0 spiro atoms. The average Bonchev–Trinajstić information content (AvgIpc) is 3.09. The fourth-order valence-electron chi connectivity index (χ4n) is 4.63. The van der Waals surface area contributed by atoms with Crippen molar-refractivity contribution in [2.45, 2.75) is 44.9 Å². The summed E-state index contributed by atoms with van der Waals surface area (Å²) in [4.78, 5) is 11.4. The van der Waals surface area contributed by atoms with Gasteiger partial charge in [0.2, 0.25) is 0 Å². The van der Waals surface area contributed by atoms with E-state index in [9.17, 15) is 15.0 Å². The molecule has 2 aliphatic carbocycles. The van der Waals surface area contributed by atoms with Crippen LogP contribution in [-0.4, -0.2) is 16.2 Å². The molecule has 2 N–H and O–H groups in total. The molecule has 26 heavy (non-hydrogen) atoms. The number of aryl methyl sites for hydroxylation is 1. The van der Waals surface area contributed by atoms with Crippen LogP contribution in [0, 0.1) is 5.92 Å². The number of hydrogen-bond donors (Lipinski definition) is 2. The monoisotopic (exact) mass is 348 g/mol. The summed E-state index contributed by atoms with van der Waals surface area (Å²) in [5, 5.41) is 19.4. The lowest BCUT2D eigenvalue weighted by atomic mass is 9.84. The molecule has 0 aliphatic heterocycles. The van der Waals surface area contributed by atoms with Gasteiger partial charge in [0, 0.05) is 0 Å². The van der Waals surface area contributed by atoms with Gasteiger partial charge in [0.25, 0.3) is 0 Å². The van der Waals surface area contributed by atoms with E-state index < -0.39 is 5.97 Å². The number of carboxylic acids is 1. The predicted octanol–water partition coefficient (Wildman–Crippen LogP) is 5.42. The van der Waals surface area contributed by atoms with Crippen LogP contribution in [-0.2, 0) is 6.42 Å². The summed E-state index contributed by atoms with van der Waals surface area (Å²) in [5.41, 5.74) is 6.35. The lowest BCUT2D eigenvalue weighted by Gasteiger charge is -2.21. The van der Waals surface area contributed by atoms with Crippen molar-refractivity contribution in [3.63, 3.8) is 0 Å². The Morgan fingerprint density at radius 2 is 1.77 bits per heavy atom. The highest BCUT2D eigenvalue weighted by Gasteiger charge is 2.27. The second-order valence-electron chi connectivity index (χ2n) is 7.46. The van der Waals surface area contributed by atoms with Crippen LogP contribution < -0.4 is 0 Å². The van der Waals surface area contributed by atoms with Crippen LogP contribution in [0.1, 0.15) is 65.6 Å². The Bertz CT molecular complexity index is 873. The lowest BCUT2D eigenvalue weighted by Crippen LogP contribution is -2.04. The third kappa shape index (κ3) is 3.14.